The van der Waals surface area contributed by atoms with Gasteiger partial charge in [-0.3, -0.25) is 19.2 Å². The van der Waals surface area contributed by atoms with Gasteiger partial charge in [0.2, 0.25) is 11.8 Å². The molecule has 0 heterocycles. The molecule has 1 rings (SSSR count). The number of hydrogen-bond donors (Lipinski definition) is 2. The molecule has 10 heteroatoms. The molecule has 3 N–H and O–H groups in total. The highest BCUT2D eigenvalue weighted by Gasteiger charge is 2.37. The van der Waals surface area contributed by atoms with E-state index in [0.717, 1.165) is 12.1 Å². The Hall–Kier alpha value is -3.04. The molecular formula is C18H22F2N2O6. The van der Waals surface area contributed by atoms with Crippen LogP contribution in [0.5, 0.6) is 0 Å². The molecule has 2 atom stereocenters. The number of amides is 2. The van der Waals surface area contributed by atoms with Crippen molar-refractivity contribution in [3.8, 4) is 0 Å². The molecule has 0 aliphatic rings. The fraction of sp³-hybridized carbons (Fsp3) is 0.444. The van der Waals surface area contributed by atoms with Crippen LogP contribution in [-0.2, 0) is 35.1 Å². The number of primary amides is 1. The Morgan fingerprint density at radius 1 is 1.04 bits per heavy atom. The van der Waals surface area contributed by atoms with E-state index in [4.69, 9.17) is 15.2 Å². The molecule has 0 aromatic heterocycles. The summed E-state index contributed by atoms with van der Waals surface area (Å²) in [7, 11) is 0. The second kappa shape index (κ2) is 11.0. The van der Waals surface area contributed by atoms with Crippen LogP contribution in [-0.4, -0.2) is 43.0 Å². The lowest BCUT2D eigenvalue weighted by molar-refractivity contribution is -0.157. The minimum absolute atomic E-state index is 0.0105. The van der Waals surface area contributed by atoms with Crippen molar-refractivity contribution in [2.45, 2.75) is 32.7 Å². The Kier molecular flexibility index (Phi) is 9.00. The molecule has 154 valence electrons. The minimum Gasteiger partial charge on any atom is -0.466 e. The number of esters is 2. The predicted octanol–water partition coefficient (Wildman–Crippen LogP) is 0.610. The molecule has 0 fully saturated rings. The first-order valence-corrected chi connectivity index (χ1v) is 8.53. The lowest BCUT2D eigenvalue weighted by Crippen LogP contribution is -2.52. The molecule has 1 aromatic carbocycles. The van der Waals surface area contributed by atoms with Crippen molar-refractivity contribution in [1.82, 2.24) is 5.32 Å². The maximum Gasteiger partial charge on any atom is 0.312 e. The Morgan fingerprint density at radius 2 is 1.61 bits per heavy atom. The van der Waals surface area contributed by atoms with Crippen LogP contribution in [0, 0.1) is 17.6 Å². The third kappa shape index (κ3) is 7.29. The van der Waals surface area contributed by atoms with Crippen molar-refractivity contribution in [1.29, 1.82) is 0 Å². The van der Waals surface area contributed by atoms with Gasteiger partial charge in [-0.2, -0.15) is 0 Å². The molecule has 1 aromatic rings. The summed E-state index contributed by atoms with van der Waals surface area (Å²) >= 11 is 0. The summed E-state index contributed by atoms with van der Waals surface area (Å²) in [5, 5.41) is 2.22. The molecule has 0 bridgehead atoms. The second-order valence-electron chi connectivity index (χ2n) is 5.77. The standard InChI is InChI=1S/C18H22F2N2O6/c1-3-27-15(24)9-13(18(26)28-4-2)16(17(21)25)22-14(23)7-10-5-11(19)8-12(20)6-10/h5-6,8,13,16H,3-4,7,9H2,1-2H3,(H2,21,25)(H,22,23)/t13-,16+/m0/s1. The zero-order valence-corrected chi connectivity index (χ0v) is 15.5. The normalized spacial score (nSPS) is 12.6. The molecule has 0 unspecified atom stereocenters. The summed E-state index contributed by atoms with van der Waals surface area (Å²) in [6.45, 7) is 3.10. The zero-order chi connectivity index (χ0) is 21.3. The van der Waals surface area contributed by atoms with Crippen molar-refractivity contribution in [3.63, 3.8) is 0 Å². The van der Waals surface area contributed by atoms with E-state index in [0.29, 0.717) is 6.07 Å². The number of carbonyl (C=O) groups excluding carboxylic acids is 4. The van der Waals surface area contributed by atoms with Gasteiger partial charge >= 0.3 is 11.9 Å². The maximum absolute atomic E-state index is 13.2. The molecule has 8 nitrogen and oxygen atoms in total. The van der Waals surface area contributed by atoms with Crippen molar-refractivity contribution < 1.29 is 37.4 Å². The maximum atomic E-state index is 13.2. The van der Waals surface area contributed by atoms with Gasteiger partial charge in [0.1, 0.15) is 17.7 Å². The van der Waals surface area contributed by atoms with E-state index in [2.05, 4.69) is 5.32 Å². The van der Waals surface area contributed by atoms with Crippen molar-refractivity contribution in [2.24, 2.45) is 11.7 Å². The van der Waals surface area contributed by atoms with Crippen LogP contribution >= 0.6 is 0 Å². The average molecular weight is 400 g/mol. The molecular weight excluding hydrogens is 378 g/mol. The van der Waals surface area contributed by atoms with Gasteiger partial charge in [0, 0.05) is 6.07 Å². The second-order valence-corrected chi connectivity index (χ2v) is 5.77. The highest BCUT2D eigenvalue weighted by Crippen LogP contribution is 2.15. The van der Waals surface area contributed by atoms with E-state index in [-0.39, 0.29) is 18.8 Å². The highest BCUT2D eigenvalue weighted by atomic mass is 19.1. The fourth-order valence-corrected chi connectivity index (χ4v) is 2.48. The number of halogens is 2. The van der Waals surface area contributed by atoms with Gasteiger partial charge in [-0.05, 0) is 31.5 Å². The Labute approximate surface area is 160 Å². The lowest BCUT2D eigenvalue weighted by Gasteiger charge is -2.23. The smallest absolute Gasteiger partial charge is 0.312 e. The number of benzene rings is 1. The Bertz CT molecular complexity index is 721. The quantitative estimate of drug-likeness (QED) is 0.555. The zero-order valence-electron chi connectivity index (χ0n) is 15.5. The highest BCUT2D eigenvalue weighted by molar-refractivity contribution is 5.93. The first-order valence-electron chi connectivity index (χ1n) is 8.53. The van der Waals surface area contributed by atoms with E-state index in [1.165, 1.54) is 6.92 Å². The van der Waals surface area contributed by atoms with E-state index < -0.39 is 60.2 Å². The molecule has 28 heavy (non-hydrogen) atoms. The summed E-state index contributed by atoms with van der Waals surface area (Å²) in [5.74, 6) is -6.77. The molecule has 0 spiro atoms. The minimum atomic E-state index is -1.57. The van der Waals surface area contributed by atoms with Crippen LogP contribution < -0.4 is 11.1 Å². The van der Waals surface area contributed by atoms with Crippen LogP contribution in [0.3, 0.4) is 0 Å². The predicted molar refractivity (Wildman–Crippen MR) is 92.6 cm³/mol. The van der Waals surface area contributed by atoms with Gasteiger partial charge in [0.15, 0.2) is 0 Å². The number of nitrogens with one attached hydrogen (secondary N) is 1. The summed E-state index contributed by atoms with van der Waals surface area (Å²) in [5.41, 5.74) is 5.29. The van der Waals surface area contributed by atoms with Gasteiger partial charge in [0.25, 0.3) is 0 Å². The van der Waals surface area contributed by atoms with Crippen LogP contribution in [0.4, 0.5) is 8.78 Å². The average Bonchev–Trinajstić information content (AvgIpc) is 2.57. The summed E-state index contributed by atoms with van der Waals surface area (Å²) < 4.78 is 36.1. The monoisotopic (exact) mass is 400 g/mol. The summed E-state index contributed by atoms with van der Waals surface area (Å²) in [6, 6.07) is 0.964. The fourth-order valence-electron chi connectivity index (χ4n) is 2.48. The molecule has 0 saturated heterocycles. The van der Waals surface area contributed by atoms with Crippen molar-refractivity contribution in [2.75, 3.05) is 13.2 Å². The van der Waals surface area contributed by atoms with Crippen LogP contribution in [0.1, 0.15) is 25.8 Å². The molecule has 2 amide bonds. The third-order valence-electron chi connectivity index (χ3n) is 3.59. The Balaban J connectivity index is 2.98. The molecule has 0 aliphatic heterocycles. The van der Waals surface area contributed by atoms with E-state index in [9.17, 15) is 28.0 Å². The molecule has 0 radical (unpaired) electrons. The van der Waals surface area contributed by atoms with Gasteiger partial charge in [-0.25, -0.2) is 8.78 Å². The van der Waals surface area contributed by atoms with Gasteiger partial charge < -0.3 is 20.5 Å². The van der Waals surface area contributed by atoms with Crippen LogP contribution in [0.25, 0.3) is 0 Å². The van der Waals surface area contributed by atoms with E-state index >= 15 is 0 Å². The lowest BCUT2D eigenvalue weighted by atomic mass is 9.95. The molecule has 0 aliphatic carbocycles. The van der Waals surface area contributed by atoms with Crippen molar-refractivity contribution in [3.05, 3.63) is 35.4 Å². The number of hydrogen-bond acceptors (Lipinski definition) is 6. The summed E-state index contributed by atoms with van der Waals surface area (Å²) in [6.07, 6.45) is -1.03. The first-order chi connectivity index (χ1) is 13.2. The van der Waals surface area contributed by atoms with Gasteiger partial charge in [-0.1, -0.05) is 0 Å². The Morgan fingerprint density at radius 3 is 2.11 bits per heavy atom. The topological polar surface area (TPSA) is 125 Å². The van der Waals surface area contributed by atoms with Crippen LogP contribution in [0.2, 0.25) is 0 Å². The SMILES string of the molecule is CCOC(=O)C[C@H](C(=O)OCC)[C@@H](NC(=O)Cc1cc(F)cc(F)c1)C(N)=O. The first kappa shape index (κ1) is 23.0. The summed E-state index contributed by atoms with van der Waals surface area (Å²) in [4.78, 5) is 48.0. The number of carbonyl (C=O) groups is 4. The van der Waals surface area contributed by atoms with E-state index in [1.807, 2.05) is 0 Å². The number of ether oxygens (including phenoxy) is 2. The molecule has 0 saturated carbocycles. The van der Waals surface area contributed by atoms with E-state index in [1.54, 1.807) is 6.92 Å². The van der Waals surface area contributed by atoms with Gasteiger partial charge in [-0.15, -0.1) is 0 Å². The van der Waals surface area contributed by atoms with Crippen molar-refractivity contribution >= 4 is 23.8 Å². The number of rotatable bonds is 10. The van der Waals surface area contributed by atoms with Gasteiger partial charge in [0.05, 0.1) is 32.0 Å². The number of nitrogens with two attached hydrogens (primary N) is 1. The third-order valence-corrected chi connectivity index (χ3v) is 3.59. The van der Waals surface area contributed by atoms with Crippen LogP contribution in [0.15, 0.2) is 18.2 Å². The largest absolute Gasteiger partial charge is 0.466 e.